The first-order valence-corrected chi connectivity index (χ1v) is 8.14. The molecule has 1 N–H and O–H groups in total. The topological polar surface area (TPSA) is 69.1 Å². The Morgan fingerprint density at radius 1 is 1.39 bits per heavy atom. The molecule has 0 radical (unpaired) electrons. The normalized spacial score (nSPS) is 21.4. The van der Waals surface area contributed by atoms with Gasteiger partial charge < -0.3 is 14.6 Å². The maximum absolute atomic E-state index is 12.3. The highest BCUT2D eigenvalue weighted by atomic mass is 16.5. The molecule has 1 aromatic heterocycles. The van der Waals surface area contributed by atoms with Crippen LogP contribution in [0.2, 0.25) is 0 Å². The molecule has 0 spiro atoms. The first-order chi connectivity index (χ1) is 11.2. The van der Waals surface area contributed by atoms with E-state index >= 15 is 0 Å². The number of aromatic amines is 1. The molecule has 1 aliphatic heterocycles. The number of aromatic nitrogens is 1. The Hall–Kier alpha value is -2.32. The van der Waals surface area contributed by atoms with Gasteiger partial charge in [0, 0.05) is 18.5 Å². The number of hydrogen-bond acceptors (Lipinski definition) is 4. The van der Waals surface area contributed by atoms with Gasteiger partial charge in [-0.2, -0.15) is 5.26 Å². The predicted molar refractivity (Wildman–Crippen MR) is 88.9 cm³/mol. The quantitative estimate of drug-likeness (QED) is 0.925. The van der Waals surface area contributed by atoms with Crippen LogP contribution in [0.5, 0.6) is 0 Å². The summed E-state index contributed by atoms with van der Waals surface area (Å²) in [6.45, 7) is 4.03. The highest BCUT2D eigenvalue weighted by Gasteiger charge is 2.27. The first kappa shape index (κ1) is 14.3. The second-order valence-electron chi connectivity index (χ2n) is 6.50. The van der Waals surface area contributed by atoms with Crippen LogP contribution in [0, 0.1) is 11.3 Å². The number of pyridine rings is 1. The van der Waals surface area contributed by atoms with E-state index in [2.05, 4.69) is 28.1 Å². The molecule has 1 saturated heterocycles. The van der Waals surface area contributed by atoms with Crippen LogP contribution in [0.15, 0.2) is 23.0 Å². The molecule has 4 rings (SSSR count). The van der Waals surface area contributed by atoms with Gasteiger partial charge in [0.25, 0.3) is 5.56 Å². The fraction of sp³-hybridized carbons (Fsp3) is 0.444. The molecule has 1 saturated carbocycles. The minimum atomic E-state index is -0.312. The van der Waals surface area contributed by atoms with Gasteiger partial charge in [-0.25, -0.2) is 0 Å². The van der Waals surface area contributed by atoms with Gasteiger partial charge in [-0.15, -0.1) is 0 Å². The van der Waals surface area contributed by atoms with Crippen LogP contribution >= 0.6 is 0 Å². The SMILES string of the molecule is C[C@@H]1CN(c2c(C#N)c(=O)[nH]c3ccc(C4CC4)cc23)CCO1. The molecule has 2 aliphatic rings. The number of benzene rings is 1. The van der Waals surface area contributed by atoms with Gasteiger partial charge in [0.05, 0.1) is 23.9 Å². The highest BCUT2D eigenvalue weighted by Crippen LogP contribution is 2.42. The molecule has 5 heteroatoms. The molecule has 2 heterocycles. The Kier molecular flexibility index (Phi) is 3.35. The van der Waals surface area contributed by atoms with Crippen molar-refractivity contribution in [3.63, 3.8) is 0 Å². The third-order valence-electron chi connectivity index (χ3n) is 4.73. The van der Waals surface area contributed by atoms with Crippen LogP contribution < -0.4 is 10.5 Å². The van der Waals surface area contributed by atoms with Crippen molar-refractivity contribution in [3.05, 3.63) is 39.7 Å². The van der Waals surface area contributed by atoms with Crippen molar-refractivity contribution in [2.75, 3.05) is 24.6 Å². The van der Waals surface area contributed by atoms with E-state index in [1.165, 1.54) is 18.4 Å². The number of ether oxygens (including phenoxy) is 1. The Labute approximate surface area is 134 Å². The van der Waals surface area contributed by atoms with E-state index in [0.717, 1.165) is 16.6 Å². The lowest BCUT2D eigenvalue weighted by molar-refractivity contribution is 0.0533. The van der Waals surface area contributed by atoms with Gasteiger partial charge in [-0.05, 0) is 43.4 Å². The van der Waals surface area contributed by atoms with Crippen LogP contribution in [0.3, 0.4) is 0 Å². The largest absolute Gasteiger partial charge is 0.375 e. The molecule has 1 atom stereocenters. The molecule has 118 valence electrons. The molecule has 2 fully saturated rings. The van der Waals surface area contributed by atoms with E-state index in [-0.39, 0.29) is 17.2 Å². The molecule has 1 aliphatic carbocycles. The molecule has 2 aromatic rings. The maximum Gasteiger partial charge on any atom is 0.268 e. The van der Waals surface area contributed by atoms with Crippen molar-refractivity contribution in [1.82, 2.24) is 4.98 Å². The third kappa shape index (κ3) is 2.49. The fourth-order valence-corrected chi connectivity index (χ4v) is 3.42. The van der Waals surface area contributed by atoms with Gasteiger partial charge in [-0.3, -0.25) is 4.79 Å². The summed E-state index contributed by atoms with van der Waals surface area (Å²) >= 11 is 0. The molecular formula is C18H19N3O2. The second kappa shape index (κ2) is 5.39. The van der Waals surface area contributed by atoms with Crippen molar-refractivity contribution in [1.29, 1.82) is 5.26 Å². The lowest BCUT2D eigenvalue weighted by Gasteiger charge is -2.34. The van der Waals surface area contributed by atoms with Crippen LogP contribution in [-0.2, 0) is 4.74 Å². The number of fused-ring (bicyclic) bond motifs is 1. The summed E-state index contributed by atoms with van der Waals surface area (Å²) in [6.07, 6.45) is 2.55. The average Bonchev–Trinajstić information content (AvgIpc) is 3.38. The van der Waals surface area contributed by atoms with Crippen molar-refractivity contribution in [2.24, 2.45) is 0 Å². The highest BCUT2D eigenvalue weighted by molar-refractivity contribution is 5.95. The average molecular weight is 309 g/mol. The smallest absolute Gasteiger partial charge is 0.268 e. The zero-order valence-electron chi connectivity index (χ0n) is 13.1. The molecule has 1 aromatic carbocycles. The van der Waals surface area contributed by atoms with Crippen molar-refractivity contribution in [3.8, 4) is 6.07 Å². The molecular weight excluding hydrogens is 290 g/mol. The summed E-state index contributed by atoms with van der Waals surface area (Å²) < 4.78 is 5.61. The zero-order chi connectivity index (χ0) is 16.0. The van der Waals surface area contributed by atoms with E-state index < -0.39 is 0 Å². The Morgan fingerprint density at radius 3 is 2.91 bits per heavy atom. The number of anilines is 1. The summed E-state index contributed by atoms with van der Waals surface area (Å²) in [7, 11) is 0. The molecule has 5 nitrogen and oxygen atoms in total. The van der Waals surface area contributed by atoms with Crippen molar-refractivity contribution in [2.45, 2.75) is 31.8 Å². The van der Waals surface area contributed by atoms with E-state index in [0.29, 0.717) is 25.6 Å². The van der Waals surface area contributed by atoms with Crippen molar-refractivity contribution >= 4 is 16.6 Å². The van der Waals surface area contributed by atoms with Gasteiger partial charge in [0.1, 0.15) is 11.6 Å². The number of nitrogens with zero attached hydrogens (tertiary/aromatic N) is 2. The molecule has 23 heavy (non-hydrogen) atoms. The van der Waals surface area contributed by atoms with E-state index in [1.54, 1.807) is 0 Å². The second-order valence-corrected chi connectivity index (χ2v) is 6.50. The summed E-state index contributed by atoms with van der Waals surface area (Å²) in [5, 5.41) is 10.5. The number of H-pyrrole nitrogens is 1. The Bertz CT molecular complexity index is 861. The summed E-state index contributed by atoms with van der Waals surface area (Å²) in [4.78, 5) is 17.3. The molecule has 0 amide bonds. The number of rotatable bonds is 2. The number of nitrogens with one attached hydrogen (secondary N) is 1. The maximum atomic E-state index is 12.3. The van der Waals surface area contributed by atoms with Crippen LogP contribution in [0.25, 0.3) is 10.9 Å². The standard InChI is InChI=1S/C18H19N3O2/c1-11-10-21(6-7-23-11)17-14-8-13(12-2-3-12)4-5-16(14)20-18(22)15(17)9-19/h4-5,8,11-12H,2-3,6-7,10H2,1H3,(H,20,22)/t11-/m1/s1. The van der Waals surface area contributed by atoms with E-state index in [9.17, 15) is 10.1 Å². The number of hydrogen-bond donors (Lipinski definition) is 1. The lowest BCUT2D eigenvalue weighted by Crippen LogP contribution is -2.42. The minimum absolute atomic E-state index is 0.0937. The Morgan fingerprint density at radius 2 is 2.22 bits per heavy atom. The molecule has 0 bridgehead atoms. The number of nitriles is 1. The van der Waals surface area contributed by atoms with E-state index in [4.69, 9.17) is 4.74 Å². The third-order valence-corrected chi connectivity index (χ3v) is 4.73. The lowest BCUT2D eigenvalue weighted by atomic mass is 10.0. The van der Waals surface area contributed by atoms with Crippen LogP contribution in [0.4, 0.5) is 5.69 Å². The fourth-order valence-electron chi connectivity index (χ4n) is 3.42. The van der Waals surface area contributed by atoms with Crippen LogP contribution in [-0.4, -0.2) is 30.8 Å². The van der Waals surface area contributed by atoms with Gasteiger partial charge >= 0.3 is 0 Å². The minimum Gasteiger partial charge on any atom is -0.375 e. The van der Waals surface area contributed by atoms with Gasteiger partial charge in [0.15, 0.2) is 0 Å². The monoisotopic (exact) mass is 309 g/mol. The summed E-state index contributed by atoms with van der Waals surface area (Å²) in [5.41, 5.74) is 2.76. The summed E-state index contributed by atoms with van der Waals surface area (Å²) in [6, 6.07) is 8.32. The molecule has 0 unspecified atom stereocenters. The first-order valence-electron chi connectivity index (χ1n) is 8.14. The van der Waals surface area contributed by atoms with Crippen LogP contribution in [0.1, 0.15) is 36.8 Å². The van der Waals surface area contributed by atoms with E-state index in [1.807, 2.05) is 13.0 Å². The van der Waals surface area contributed by atoms with Crippen molar-refractivity contribution < 1.29 is 4.74 Å². The zero-order valence-corrected chi connectivity index (χ0v) is 13.1. The van der Waals surface area contributed by atoms with Gasteiger partial charge in [-0.1, -0.05) is 6.07 Å². The Balaban J connectivity index is 1.95. The predicted octanol–water partition coefficient (Wildman–Crippen LogP) is 2.50. The van der Waals surface area contributed by atoms with Gasteiger partial charge in [0.2, 0.25) is 0 Å². The summed E-state index contributed by atoms with van der Waals surface area (Å²) in [5.74, 6) is 0.633. The number of morpholine rings is 1.